The summed E-state index contributed by atoms with van der Waals surface area (Å²) in [6, 6.07) is 17.5. The van der Waals surface area contributed by atoms with E-state index in [1.54, 1.807) is 34.1 Å². The highest BCUT2D eigenvalue weighted by Gasteiger charge is 2.17. The lowest BCUT2D eigenvalue weighted by Gasteiger charge is -2.07. The van der Waals surface area contributed by atoms with Crippen LogP contribution in [-0.4, -0.2) is 20.3 Å². The lowest BCUT2D eigenvalue weighted by Crippen LogP contribution is -2.15. The zero-order valence-corrected chi connectivity index (χ0v) is 17.9. The number of pyridine rings is 1. The Morgan fingerprint density at radius 1 is 1.03 bits per heavy atom. The Kier molecular flexibility index (Phi) is 4.53. The summed E-state index contributed by atoms with van der Waals surface area (Å²) in [7, 11) is 0. The molecule has 5 nitrogen and oxygen atoms in total. The topological polar surface area (TPSA) is 59.3 Å². The number of amides is 1. The first-order valence-electron chi connectivity index (χ1n) is 9.41. The molecule has 30 heavy (non-hydrogen) atoms. The molecular weight excluding hydrogens is 416 g/mol. The number of hydrogen-bond acceptors (Lipinski definition) is 4. The van der Waals surface area contributed by atoms with Crippen molar-refractivity contribution in [1.82, 2.24) is 14.4 Å². The van der Waals surface area contributed by atoms with Crippen molar-refractivity contribution in [2.45, 2.75) is 13.8 Å². The number of rotatable bonds is 3. The molecule has 1 amide bonds. The molecule has 0 aliphatic carbocycles. The number of nitrogens with one attached hydrogen (secondary N) is 1. The van der Waals surface area contributed by atoms with Crippen LogP contribution < -0.4 is 5.32 Å². The summed E-state index contributed by atoms with van der Waals surface area (Å²) in [5.74, 6) is -0.231. The third kappa shape index (κ3) is 3.34. The molecule has 0 radical (unpaired) electrons. The van der Waals surface area contributed by atoms with Crippen LogP contribution in [-0.2, 0) is 0 Å². The number of imidazole rings is 1. The Morgan fingerprint density at radius 2 is 1.83 bits per heavy atom. The van der Waals surface area contributed by atoms with Crippen molar-refractivity contribution in [1.29, 1.82) is 0 Å². The lowest BCUT2D eigenvalue weighted by atomic mass is 10.2. The summed E-state index contributed by atoms with van der Waals surface area (Å²) in [5.41, 5.74) is 5.75. The van der Waals surface area contributed by atoms with Gasteiger partial charge in [0.1, 0.15) is 16.3 Å². The smallest absolute Gasteiger partial charge is 0.274 e. The normalized spacial score (nSPS) is 11.3. The lowest BCUT2D eigenvalue weighted by molar-refractivity contribution is 0.102. The average molecular weight is 433 g/mol. The van der Waals surface area contributed by atoms with E-state index >= 15 is 0 Å². The van der Waals surface area contributed by atoms with Crippen LogP contribution in [0.5, 0.6) is 0 Å². The van der Waals surface area contributed by atoms with E-state index in [4.69, 9.17) is 16.6 Å². The van der Waals surface area contributed by atoms with Crippen LogP contribution in [0.4, 0.5) is 5.69 Å². The van der Waals surface area contributed by atoms with Gasteiger partial charge in [-0.3, -0.25) is 9.20 Å². The zero-order valence-electron chi connectivity index (χ0n) is 16.3. The van der Waals surface area contributed by atoms with Gasteiger partial charge in [0, 0.05) is 17.4 Å². The first-order valence-corrected chi connectivity index (χ1v) is 10.6. The van der Waals surface area contributed by atoms with Crippen molar-refractivity contribution in [3.63, 3.8) is 0 Å². The van der Waals surface area contributed by atoms with E-state index in [-0.39, 0.29) is 5.91 Å². The summed E-state index contributed by atoms with van der Waals surface area (Å²) in [5, 5.41) is 4.45. The summed E-state index contributed by atoms with van der Waals surface area (Å²) in [6.07, 6.45) is 1.70. The minimum atomic E-state index is -0.231. The fraction of sp³-hybridized carbons (Fsp3) is 0.0870. The Labute approximate surface area is 182 Å². The van der Waals surface area contributed by atoms with Crippen molar-refractivity contribution in [2.24, 2.45) is 0 Å². The number of nitrogens with zero attached hydrogens (tertiary/aromatic N) is 3. The fourth-order valence-corrected chi connectivity index (χ4v) is 4.68. The quantitative estimate of drug-likeness (QED) is 0.373. The van der Waals surface area contributed by atoms with Crippen LogP contribution in [0.15, 0.2) is 60.8 Å². The molecular formula is C23H17ClN4OS. The van der Waals surface area contributed by atoms with Gasteiger partial charge >= 0.3 is 0 Å². The summed E-state index contributed by atoms with van der Waals surface area (Å²) in [4.78, 5) is 22.1. The number of benzene rings is 2. The number of fused-ring (bicyclic) bond motifs is 2. The van der Waals surface area contributed by atoms with E-state index in [1.807, 2.05) is 37.3 Å². The first-order chi connectivity index (χ1) is 14.5. The summed E-state index contributed by atoms with van der Waals surface area (Å²) < 4.78 is 2.88. The van der Waals surface area contributed by atoms with Gasteiger partial charge in [-0.05, 0) is 67.9 Å². The van der Waals surface area contributed by atoms with Crippen LogP contribution >= 0.6 is 22.9 Å². The molecule has 7 heteroatoms. The molecule has 0 aliphatic rings. The van der Waals surface area contributed by atoms with Crippen molar-refractivity contribution in [2.75, 3.05) is 5.32 Å². The van der Waals surface area contributed by atoms with Crippen LogP contribution in [0.1, 0.15) is 21.7 Å². The number of hydrogen-bond donors (Lipinski definition) is 1. The molecule has 1 N–H and O–H groups in total. The predicted octanol–water partition coefficient (Wildman–Crippen LogP) is 6.13. The summed E-state index contributed by atoms with van der Waals surface area (Å²) >= 11 is 7.76. The average Bonchev–Trinajstić information content (AvgIpc) is 3.28. The molecule has 3 heterocycles. The second-order valence-electron chi connectivity index (χ2n) is 7.14. The van der Waals surface area contributed by atoms with E-state index in [9.17, 15) is 4.79 Å². The number of aromatic nitrogens is 3. The van der Waals surface area contributed by atoms with Gasteiger partial charge in [-0.1, -0.05) is 17.7 Å². The third-order valence-electron chi connectivity index (χ3n) is 4.91. The molecule has 0 unspecified atom stereocenters. The maximum Gasteiger partial charge on any atom is 0.274 e. The second-order valence-corrected chi connectivity index (χ2v) is 8.61. The largest absolute Gasteiger partial charge is 0.321 e. The van der Waals surface area contributed by atoms with E-state index in [0.29, 0.717) is 27.7 Å². The number of carbonyl (C=O) groups is 1. The van der Waals surface area contributed by atoms with Gasteiger partial charge in [0.05, 0.1) is 20.9 Å². The highest BCUT2D eigenvalue weighted by molar-refractivity contribution is 7.21. The molecule has 0 spiro atoms. The number of aryl methyl sites for hydroxylation is 2. The minimum absolute atomic E-state index is 0.231. The molecule has 0 saturated heterocycles. The Bertz CT molecular complexity index is 1420. The molecule has 0 fully saturated rings. The van der Waals surface area contributed by atoms with Crippen LogP contribution in [0.2, 0.25) is 5.02 Å². The van der Waals surface area contributed by atoms with Gasteiger partial charge in [0.25, 0.3) is 5.91 Å². The fourth-order valence-electron chi connectivity index (χ4n) is 3.45. The van der Waals surface area contributed by atoms with Crippen molar-refractivity contribution in [3.8, 4) is 10.6 Å². The molecule has 5 aromatic rings. The minimum Gasteiger partial charge on any atom is -0.321 e. The van der Waals surface area contributed by atoms with E-state index in [0.717, 1.165) is 16.1 Å². The SMILES string of the molecule is Cc1ccc2nc(-c3ccc(NC(=O)c4c(C)nc5ccc(Cl)cn45)cc3)sc2c1. The highest BCUT2D eigenvalue weighted by Crippen LogP contribution is 2.31. The van der Waals surface area contributed by atoms with Gasteiger partial charge in [0.15, 0.2) is 0 Å². The van der Waals surface area contributed by atoms with Crippen LogP contribution in [0.3, 0.4) is 0 Å². The Morgan fingerprint density at radius 3 is 2.63 bits per heavy atom. The highest BCUT2D eigenvalue weighted by atomic mass is 35.5. The maximum absolute atomic E-state index is 12.9. The zero-order chi connectivity index (χ0) is 20.8. The third-order valence-corrected chi connectivity index (χ3v) is 6.20. The molecule has 3 aromatic heterocycles. The van der Waals surface area contributed by atoms with Gasteiger partial charge in [0.2, 0.25) is 0 Å². The number of carbonyl (C=O) groups excluding carboxylic acids is 1. The van der Waals surface area contributed by atoms with E-state index in [1.165, 1.54) is 10.3 Å². The number of anilines is 1. The number of halogens is 1. The molecule has 148 valence electrons. The first kappa shape index (κ1) is 18.8. The number of thiazole rings is 1. The van der Waals surface area contributed by atoms with Gasteiger partial charge in [-0.2, -0.15) is 0 Å². The maximum atomic E-state index is 12.9. The molecule has 2 aromatic carbocycles. The molecule has 0 aliphatic heterocycles. The van der Waals surface area contributed by atoms with Gasteiger partial charge in [-0.15, -0.1) is 11.3 Å². The van der Waals surface area contributed by atoms with Crippen LogP contribution in [0, 0.1) is 13.8 Å². The standard InChI is InChI=1S/C23H17ClN4OS/c1-13-3-9-18-19(11-13)30-23(27-18)15-4-7-17(8-5-15)26-22(29)21-14(2)25-20-10-6-16(24)12-28(20)21/h3-12H,1-2H3,(H,26,29). The monoisotopic (exact) mass is 432 g/mol. The van der Waals surface area contributed by atoms with Crippen molar-refractivity contribution >= 4 is 50.4 Å². The molecule has 0 bridgehead atoms. The second kappa shape index (κ2) is 7.23. The van der Waals surface area contributed by atoms with Crippen molar-refractivity contribution in [3.05, 3.63) is 82.8 Å². The van der Waals surface area contributed by atoms with Gasteiger partial charge < -0.3 is 5.32 Å². The van der Waals surface area contributed by atoms with Crippen LogP contribution in [0.25, 0.3) is 26.4 Å². The predicted molar refractivity (Wildman–Crippen MR) is 123 cm³/mol. The van der Waals surface area contributed by atoms with Gasteiger partial charge in [-0.25, -0.2) is 9.97 Å². The molecule has 5 rings (SSSR count). The molecule has 0 saturated carbocycles. The summed E-state index contributed by atoms with van der Waals surface area (Å²) in [6.45, 7) is 3.89. The molecule has 0 atom stereocenters. The Hall–Kier alpha value is -3.22. The van der Waals surface area contributed by atoms with Crippen molar-refractivity contribution < 1.29 is 4.79 Å². The van der Waals surface area contributed by atoms with E-state index < -0.39 is 0 Å². The Balaban J connectivity index is 1.41. The van der Waals surface area contributed by atoms with E-state index in [2.05, 4.69) is 29.4 Å².